The first-order chi connectivity index (χ1) is 12.5. The molecule has 0 amide bonds. The third-order valence-corrected chi connectivity index (χ3v) is 4.90. The van der Waals surface area contributed by atoms with Gasteiger partial charge in [0.15, 0.2) is 11.6 Å². The average Bonchev–Trinajstić information content (AvgIpc) is 3.36. The molecule has 1 atom stereocenters. The molecule has 1 saturated heterocycles. The molecule has 0 bridgehead atoms. The van der Waals surface area contributed by atoms with Gasteiger partial charge in [-0.05, 0) is 32.3 Å². The van der Waals surface area contributed by atoms with Gasteiger partial charge in [-0.2, -0.15) is 0 Å². The normalized spacial score (nSPS) is 20.0. The molecule has 138 valence electrons. The molecule has 0 aromatic carbocycles. The number of pyridine rings is 2. The monoisotopic (exact) mass is 360 g/mol. The molecule has 0 radical (unpaired) electrons. The number of ether oxygens (including phenoxy) is 1. The quantitative estimate of drug-likeness (QED) is 0.833. The van der Waals surface area contributed by atoms with Crippen LogP contribution in [0.3, 0.4) is 0 Å². The zero-order valence-electron chi connectivity index (χ0n) is 14.6. The van der Waals surface area contributed by atoms with Crippen molar-refractivity contribution in [1.29, 1.82) is 0 Å². The lowest BCUT2D eigenvalue weighted by molar-refractivity contribution is 0.0524. The molecule has 1 saturated carbocycles. The van der Waals surface area contributed by atoms with E-state index in [1.165, 1.54) is 12.3 Å². The van der Waals surface area contributed by atoms with Crippen LogP contribution in [0.25, 0.3) is 11.0 Å². The maximum absolute atomic E-state index is 14.7. The van der Waals surface area contributed by atoms with Gasteiger partial charge in [0.25, 0.3) is 0 Å². The van der Waals surface area contributed by atoms with Crippen molar-refractivity contribution >= 4 is 22.8 Å². The van der Waals surface area contributed by atoms with Crippen LogP contribution in [0.4, 0.5) is 10.2 Å². The van der Waals surface area contributed by atoms with E-state index in [9.17, 15) is 14.0 Å². The zero-order valence-corrected chi connectivity index (χ0v) is 14.6. The maximum Gasteiger partial charge on any atom is 0.343 e. The first-order valence-corrected chi connectivity index (χ1v) is 8.92. The van der Waals surface area contributed by atoms with Crippen molar-refractivity contribution in [2.24, 2.45) is 5.73 Å². The van der Waals surface area contributed by atoms with Crippen LogP contribution in [-0.4, -0.2) is 41.3 Å². The Kier molecular flexibility index (Phi) is 4.14. The van der Waals surface area contributed by atoms with Gasteiger partial charge in [0.2, 0.25) is 5.43 Å². The number of esters is 1. The number of carbonyl (C=O) groups excluding carboxylic acids is 1. The number of aromatic nitrogens is 2. The summed E-state index contributed by atoms with van der Waals surface area (Å²) in [6.07, 6.45) is 4.15. The summed E-state index contributed by atoms with van der Waals surface area (Å²) in [6, 6.07) is 1.34. The molecule has 2 fully saturated rings. The summed E-state index contributed by atoms with van der Waals surface area (Å²) in [4.78, 5) is 31.1. The lowest BCUT2D eigenvalue weighted by atomic mass is 10.2. The van der Waals surface area contributed by atoms with E-state index >= 15 is 0 Å². The van der Waals surface area contributed by atoms with Gasteiger partial charge in [-0.25, -0.2) is 14.2 Å². The van der Waals surface area contributed by atoms with E-state index in [2.05, 4.69) is 4.98 Å². The number of rotatable bonds is 4. The van der Waals surface area contributed by atoms with Crippen LogP contribution in [0, 0.1) is 5.82 Å². The summed E-state index contributed by atoms with van der Waals surface area (Å²) in [5, 5.41) is 0.104. The molecule has 0 spiro atoms. The second-order valence-electron chi connectivity index (χ2n) is 6.89. The van der Waals surface area contributed by atoms with Crippen LogP contribution in [0.1, 0.15) is 42.6 Å². The molecule has 2 aliphatic rings. The molecule has 2 N–H and O–H groups in total. The molecule has 8 heteroatoms. The van der Waals surface area contributed by atoms with Gasteiger partial charge in [0, 0.05) is 31.4 Å². The van der Waals surface area contributed by atoms with Gasteiger partial charge >= 0.3 is 5.97 Å². The fourth-order valence-electron chi connectivity index (χ4n) is 3.42. The van der Waals surface area contributed by atoms with Crippen LogP contribution in [-0.2, 0) is 4.74 Å². The number of fused-ring (bicyclic) bond motifs is 1. The van der Waals surface area contributed by atoms with Crippen LogP contribution < -0.4 is 16.1 Å². The smallest absolute Gasteiger partial charge is 0.343 e. The van der Waals surface area contributed by atoms with Crippen molar-refractivity contribution < 1.29 is 13.9 Å². The summed E-state index contributed by atoms with van der Waals surface area (Å²) in [5.74, 6) is -1.06. The van der Waals surface area contributed by atoms with Crippen LogP contribution in [0.5, 0.6) is 0 Å². The number of anilines is 1. The van der Waals surface area contributed by atoms with Crippen LogP contribution in [0.2, 0.25) is 0 Å². The lowest BCUT2D eigenvalue weighted by Gasteiger charge is -2.19. The van der Waals surface area contributed by atoms with Gasteiger partial charge in [-0.15, -0.1) is 0 Å². The molecule has 2 aromatic rings. The minimum atomic E-state index is -0.691. The van der Waals surface area contributed by atoms with Crippen molar-refractivity contribution in [3.63, 3.8) is 0 Å². The molecule has 7 nitrogen and oxygen atoms in total. The number of hydrogen-bond donors (Lipinski definition) is 1. The highest BCUT2D eigenvalue weighted by Gasteiger charge is 2.30. The van der Waals surface area contributed by atoms with E-state index in [1.807, 2.05) is 4.57 Å². The standard InChI is InChI=1S/C18H21FN4O3/c1-2-26-18(25)13-9-23(11-3-4-11)16-12(15(13)24)7-14(19)17(21-16)22-6-5-10(20)8-22/h7,9-11H,2-6,8,20H2,1H3. The van der Waals surface area contributed by atoms with Gasteiger partial charge in [-0.3, -0.25) is 4.79 Å². The van der Waals surface area contributed by atoms with Crippen molar-refractivity contribution in [2.45, 2.75) is 38.3 Å². The fraction of sp³-hybridized carbons (Fsp3) is 0.500. The average molecular weight is 360 g/mol. The van der Waals surface area contributed by atoms with Gasteiger partial charge < -0.3 is 19.9 Å². The fourth-order valence-corrected chi connectivity index (χ4v) is 3.42. The van der Waals surface area contributed by atoms with Crippen molar-refractivity contribution in [1.82, 2.24) is 9.55 Å². The van der Waals surface area contributed by atoms with Gasteiger partial charge in [-0.1, -0.05) is 0 Å². The Bertz CT molecular complexity index is 938. The van der Waals surface area contributed by atoms with Crippen molar-refractivity contribution in [3.8, 4) is 0 Å². The van der Waals surface area contributed by atoms with E-state index in [0.717, 1.165) is 19.3 Å². The predicted octanol–water partition coefficient (Wildman–Crippen LogP) is 1.58. The third kappa shape index (κ3) is 2.84. The Labute approximate surface area is 149 Å². The Morgan fingerprint density at radius 1 is 1.42 bits per heavy atom. The summed E-state index contributed by atoms with van der Waals surface area (Å²) in [7, 11) is 0. The summed E-state index contributed by atoms with van der Waals surface area (Å²) in [5.41, 5.74) is 5.70. The number of nitrogens with zero attached hydrogens (tertiary/aromatic N) is 3. The zero-order chi connectivity index (χ0) is 18.4. The van der Waals surface area contributed by atoms with E-state index < -0.39 is 17.2 Å². The molecule has 26 heavy (non-hydrogen) atoms. The Morgan fingerprint density at radius 2 is 2.19 bits per heavy atom. The van der Waals surface area contributed by atoms with E-state index in [-0.39, 0.29) is 35.5 Å². The molecule has 3 heterocycles. The molecule has 1 aliphatic heterocycles. The van der Waals surface area contributed by atoms with Crippen molar-refractivity contribution in [3.05, 3.63) is 33.9 Å². The number of halogens is 1. The Hall–Kier alpha value is -2.48. The lowest BCUT2D eigenvalue weighted by Crippen LogP contribution is -2.28. The Balaban J connectivity index is 1.90. The Morgan fingerprint density at radius 3 is 2.81 bits per heavy atom. The first-order valence-electron chi connectivity index (χ1n) is 8.92. The van der Waals surface area contributed by atoms with Crippen LogP contribution >= 0.6 is 0 Å². The largest absolute Gasteiger partial charge is 0.462 e. The molecule has 2 aromatic heterocycles. The maximum atomic E-state index is 14.7. The molecule has 1 unspecified atom stereocenters. The third-order valence-electron chi connectivity index (χ3n) is 4.90. The number of hydrogen-bond acceptors (Lipinski definition) is 6. The van der Waals surface area contributed by atoms with E-state index in [1.54, 1.807) is 11.8 Å². The van der Waals surface area contributed by atoms with Crippen molar-refractivity contribution in [2.75, 3.05) is 24.6 Å². The molecule has 1 aliphatic carbocycles. The predicted molar refractivity (Wildman–Crippen MR) is 95.0 cm³/mol. The SMILES string of the molecule is CCOC(=O)c1cn(C2CC2)c2nc(N3CCC(N)C3)c(F)cc2c1=O. The first kappa shape index (κ1) is 17.0. The second kappa shape index (κ2) is 6.35. The molecular formula is C18H21FN4O3. The van der Waals surface area contributed by atoms with Gasteiger partial charge in [0.05, 0.1) is 12.0 Å². The minimum Gasteiger partial charge on any atom is -0.462 e. The minimum absolute atomic E-state index is 0.0105. The highest BCUT2D eigenvalue weighted by atomic mass is 19.1. The summed E-state index contributed by atoms with van der Waals surface area (Å²) >= 11 is 0. The van der Waals surface area contributed by atoms with Gasteiger partial charge in [0.1, 0.15) is 11.2 Å². The summed E-state index contributed by atoms with van der Waals surface area (Å²) in [6.45, 7) is 3.00. The van der Waals surface area contributed by atoms with Crippen LogP contribution in [0.15, 0.2) is 17.1 Å². The number of nitrogens with two attached hydrogens (primary N) is 1. The van der Waals surface area contributed by atoms with E-state index in [0.29, 0.717) is 18.7 Å². The molecular weight excluding hydrogens is 339 g/mol. The highest BCUT2D eigenvalue weighted by molar-refractivity contribution is 5.93. The highest BCUT2D eigenvalue weighted by Crippen LogP contribution is 2.37. The number of carbonyl (C=O) groups is 1. The topological polar surface area (TPSA) is 90.5 Å². The van der Waals surface area contributed by atoms with E-state index in [4.69, 9.17) is 10.5 Å². The summed E-state index contributed by atoms with van der Waals surface area (Å²) < 4.78 is 21.5. The second-order valence-corrected chi connectivity index (χ2v) is 6.89. The molecule has 4 rings (SSSR count).